The van der Waals surface area contributed by atoms with Crippen molar-refractivity contribution in [2.75, 3.05) is 19.0 Å². The molecule has 2 aromatic heterocycles. The number of methoxy groups -OCH3 is 1. The molecule has 0 bridgehead atoms. The maximum absolute atomic E-state index is 10.9. The molecule has 29 heavy (non-hydrogen) atoms. The van der Waals surface area contributed by atoms with Crippen LogP contribution in [0, 0.1) is 0 Å². The number of ether oxygens (including phenoxy) is 3. The van der Waals surface area contributed by atoms with Gasteiger partial charge in [-0.15, -0.1) is 0 Å². The average Bonchev–Trinajstić information content (AvgIpc) is 2.73. The molecule has 9 heteroatoms. The smallest absolute Gasteiger partial charge is 0.316 e. The van der Waals surface area contributed by atoms with Crippen molar-refractivity contribution in [3.8, 4) is 28.8 Å². The van der Waals surface area contributed by atoms with Gasteiger partial charge in [0.1, 0.15) is 12.4 Å². The van der Waals surface area contributed by atoms with E-state index in [0.717, 1.165) is 11.3 Å². The maximum atomic E-state index is 10.9. The standard InChI is InChI=1S/C20H21N5O4/c1-3-28-17-8-14(18-22-10-15(11-23-18)25-20(21)26)9-24-19(17)29-12-13-4-6-16(27-2)7-5-13/h4-11H,3,12H2,1-2H3,(H3,21,25,26). The molecule has 3 rings (SSSR count). The van der Waals surface area contributed by atoms with Gasteiger partial charge in [-0.3, -0.25) is 0 Å². The molecule has 0 aliphatic heterocycles. The number of anilines is 1. The number of pyridine rings is 1. The second kappa shape index (κ2) is 9.36. The van der Waals surface area contributed by atoms with Gasteiger partial charge in [0.2, 0.25) is 0 Å². The van der Waals surface area contributed by atoms with Gasteiger partial charge in [0.25, 0.3) is 5.88 Å². The number of primary amides is 1. The zero-order chi connectivity index (χ0) is 20.6. The quantitative estimate of drug-likeness (QED) is 0.601. The normalized spacial score (nSPS) is 10.3. The summed E-state index contributed by atoms with van der Waals surface area (Å²) in [4.78, 5) is 23.7. The monoisotopic (exact) mass is 395 g/mol. The van der Waals surface area contributed by atoms with E-state index in [0.29, 0.717) is 41.9 Å². The number of benzene rings is 1. The number of carbonyl (C=O) groups excluding carboxylic acids is 1. The Balaban J connectivity index is 1.76. The van der Waals surface area contributed by atoms with Crippen LogP contribution in [0.1, 0.15) is 12.5 Å². The predicted molar refractivity (Wildman–Crippen MR) is 107 cm³/mol. The van der Waals surface area contributed by atoms with Crippen LogP contribution in [0.5, 0.6) is 17.4 Å². The minimum Gasteiger partial charge on any atom is -0.497 e. The molecule has 0 radical (unpaired) electrons. The average molecular weight is 395 g/mol. The number of amides is 2. The Labute approximate surface area is 167 Å². The number of nitrogens with two attached hydrogens (primary N) is 1. The van der Waals surface area contributed by atoms with Crippen LogP contribution >= 0.6 is 0 Å². The lowest BCUT2D eigenvalue weighted by Crippen LogP contribution is -2.19. The van der Waals surface area contributed by atoms with Crippen LogP contribution in [0.25, 0.3) is 11.4 Å². The summed E-state index contributed by atoms with van der Waals surface area (Å²) in [5.74, 6) is 2.07. The highest BCUT2D eigenvalue weighted by molar-refractivity contribution is 5.87. The van der Waals surface area contributed by atoms with Crippen molar-refractivity contribution in [1.29, 1.82) is 0 Å². The molecule has 0 saturated carbocycles. The maximum Gasteiger partial charge on any atom is 0.316 e. The molecule has 150 valence electrons. The van der Waals surface area contributed by atoms with Gasteiger partial charge in [0.05, 0.1) is 31.8 Å². The van der Waals surface area contributed by atoms with E-state index < -0.39 is 6.03 Å². The largest absolute Gasteiger partial charge is 0.497 e. The van der Waals surface area contributed by atoms with E-state index in [1.807, 2.05) is 31.2 Å². The molecule has 0 unspecified atom stereocenters. The topological polar surface area (TPSA) is 121 Å². The Morgan fingerprint density at radius 3 is 2.41 bits per heavy atom. The van der Waals surface area contributed by atoms with Crippen LogP contribution in [0.3, 0.4) is 0 Å². The van der Waals surface area contributed by atoms with Crippen molar-refractivity contribution >= 4 is 11.7 Å². The third kappa shape index (κ3) is 5.32. The van der Waals surface area contributed by atoms with Gasteiger partial charge in [0, 0.05) is 11.8 Å². The zero-order valence-electron chi connectivity index (χ0n) is 16.1. The Morgan fingerprint density at radius 2 is 1.79 bits per heavy atom. The third-order valence-electron chi connectivity index (χ3n) is 3.83. The van der Waals surface area contributed by atoms with Gasteiger partial charge in [0.15, 0.2) is 11.6 Å². The van der Waals surface area contributed by atoms with Crippen LogP contribution in [0.15, 0.2) is 48.9 Å². The van der Waals surface area contributed by atoms with E-state index in [4.69, 9.17) is 19.9 Å². The summed E-state index contributed by atoms with van der Waals surface area (Å²) in [5.41, 5.74) is 7.10. The molecule has 0 atom stereocenters. The van der Waals surface area contributed by atoms with Crippen LogP contribution < -0.4 is 25.3 Å². The van der Waals surface area contributed by atoms with Crippen molar-refractivity contribution in [2.45, 2.75) is 13.5 Å². The fraction of sp³-hybridized carbons (Fsp3) is 0.200. The number of rotatable bonds is 8. The summed E-state index contributed by atoms with van der Waals surface area (Å²) in [6.45, 7) is 2.66. The first-order chi connectivity index (χ1) is 14.1. The summed E-state index contributed by atoms with van der Waals surface area (Å²) in [5, 5.41) is 2.41. The Hall–Kier alpha value is -3.88. The molecular weight excluding hydrogens is 374 g/mol. The van der Waals surface area contributed by atoms with Crippen LogP contribution in [0.2, 0.25) is 0 Å². The lowest BCUT2D eigenvalue weighted by Gasteiger charge is -2.12. The number of hydrogen-bond donors (Lipinski definition) is 2. The summed E-state index contributed by atoms with van der Waals surface area (Å²) in [6, 6.07) is 8.65. The van der Waals surface area contributed by atoms with E-state index in [1.54, 1.807) is 19.4 Å². The first kappa shape index (κ1) is 19.9. The van der Waals surface area contributed by atoms with Gasteiger partial charge in [-0.2, -0.15) is 0 Å². The van der Waals surface area contributed by atoms with Gasteiger partial charge in [-0.1, -0.05) is 12.1 Å². The van der Waals surface area contributed by atoms with Crippen molar-refractivity contribution in [1.82, 2.24) is 15.0 Å². The first-order valence-corrected chi connectivity index (χ1v) is 8.86. The number of aromatic nitrogens is 3. The number of carbonyl (C=O) groups is 1. The molecule has 2 amide bonds. The molecule has 2 heterocycles. The highest BCUT2D eigenvalue weighted by atomic mass is 16.5. The highest BCUT2D eigenvalue weighted by Crippen LogP contribution is 2.30. The summed E-state index contributed by atoms with van der Waals surface area (Å²) < 4.78 is 16.6. The Bertz CT molecular complexity index is 962. The lowest BCUT2D eigenvalue weighted by atomic mass is 10.2. The third-order valence-corrected chi connectivity index (χ3v) is 3.83. The zero-order valence-corrected chi connectivity index (χ0v) is 16.1. The second-order valence-electron chi connectivity index (χ2n) is 5.88. The minimum atomic E-state index is -0.681. The number of nitrogens with one attached hydrogen (secondary N) is 1. The van der Waals surface area contributed by atoms with Crippen LogP contribution in [0.4, 0.5) is 10.5 Å². The Kier molecular flexibility index (Phi) is 6.41. The van der Waals surface area contributed by atoms with E-state index in [1.165, 1.54) is 12.4 Å². The number of urea groups is 1. The summed E-state index contributed by atoms with van der Waals surface area (Å²) in [6.07, 6.45) is 4.52. The van der Waals surface area contributed by atoms with E-state index in [9.17, 15) is 4.79 Å². The van der Waals surface area contributed by atoms with Crippen LogP contribution in [-0.4, -0.2) is 34.7 Å². The highest BCUT2D eigenvalue weighted by Gasteiger charge is 2.12. The summed E-state index contributed by atoms with van der Waals surface area (Å²) >= 11 is 0. The van der Waals surface area contributed by atoms with Crippen molar-refractivity contribution in [3.05, 3.63) is 54.5 Å². The van der Waals surface area contributed by atoms with Gasteiger partial charge >= 0.3 is 6.03 Å². The Morgan fingerprint density at radius 1 is 1.07 bits per heavy atom. The van der Waals surface area contributed by atoms with Gasteiger partial charge in [-0.25, -0.2) is 19.7 Å². The molecule has 1 aromatic carbocycles. The lowest BCUT2D eigenvalue weighted by molar-refractivity contribution is 0.259. The molecule has 0 fully saturated rings. The van der Waals surface area contributed by atoms with Crippen molar-refractivity contribution < 1.29 is 19.0 Å². The number of hydrogen-bond acceptors (Lipinski definition) is 7. The van der Waals surface area contributed by atoms with E-state index >= 15 is 0 Å². The second-order valence-corrected chi connectivity index (χ2v) is 5.88. The molecule has 3 N–H and O–H groups in total. The van der Waals surface area contributed by atoms with Gasteiger partial charge < -0.3 is 25.3 Å². The number of nitrogens with zero attached hydrogens (tertiary/aromatic N) is 3. The summed E-state index contributed by atoms with van der Waals surface area (Å²) in [7, 11) is 1.62. The molecular formula is C20H21N5O4. The predicted octanol–water partition coefficient (Wildman–Crippen LogP) is 3.02. The first-order valence-electron chi connectivity index (χ1n) is 8.86. The molecule has 3 aromatic rings. The fourth-order valence-corrected chi connectivity index (χ4v) is 2.48. The van der Waals surface area contributed by atoms with E-state index in [2.05, 4.69) is 20.3 Å². The minimum absolute atomic E-state index is 0.334. The SMILES string of the molecule is CCOc1cc(-c2ncc(NC(N)=O)cn2)cnc1OCc1ccc(OC)cc1. The molecule has 0 spiro atoms. The van der Waals surface area contributed by atoms with Gasteiger partial charge in [-0.05, 0) is 30.7 Å². The van der Waals surface area contributed by atoms with Crippen molar-refractivity contribution in [3.63, 3.8) is 0 Å². The molecule has 0 saturated heterocycles. The molecule has 0 aliphatic carbocycles. The van der Waals surface area contributed by atoms with E-state index in [-0.39, 0.29) is 0 Å². The van der Waals surface area contributed by atoms with Crippen LogP contribution in [-0.2, 0) is 6.61 Å². The molecule has 0 aliphatic rings. The molecule has 9 nitrogen and oxygen atoms in total. The fourth-order valence-electron chi connectivity index (χ4n) is 2.48. The van der Waals surface area contributed by atoms with Crippen molar-refractivity contribution in [2.24, 2.45) is 5.73 Å².